The van der Waals surface area contributed by atoms with E-state index >= 15 is 0 Å². The number of halogens is 3. The maximum absolute atomic E-state index is 12.9. The lowest BCUT2D eigenvalue weighted by Gasteiger charge is -2.44. The van der Waals surface area contributed by atoms with Crippen LogP contribution < -0.4 is 4.74 Å². The summed E-state index contributed by atoms with van der Waals surface area (Å²) in [6.45, 7) is 1.36. The van der Waals surface area contributed by atoms with Gasteiger partial charge in [0.25, 0.3) is 0 Å². The number of sulfonamides is 1. The van der Waals surface area contributed by atoms with E-state index in [1.54, 1.807) is 7.11 Å². The number of carbonyl (C=O) groups excluding carboxylic acids is 1. The number of piperazine rings is 1. The van der Waals surface area contributed by atoms with Crippen molar-refractivity contribution in [1.29, 1.82) is 0 Å². The van der Waals surface area contributed by atoms with Gasteiger partial charge in [-0.15, -0.1) is 0 Å². The van der Waals surface area contributed by atoms with Gasteiger partial charge in [0, 0.05) is 36.9 Å². The molecule has 4 rings (SSSR count). The summed E-state index contributed by atoms with van der Waals surface area (Å²) in [6, 6.07) is 10.4. The highest BCUT2D eigenvalue weighted by Gasteiger charge is 2.51. The Morgan fingerprint density at radius 1 is 1.13 bits per heavy atom. The van der Waals surface area contributed by atoms with Crippen molar-refractivity contribution in [3.8, 4) is 5.75 Å². The molecule has 1 amide bonds. The Hall–Kier alpha value is -2.53. The number of ether oxygens (including phenoxy) is 1. The molecule has 1 aliphatic carbocycles. The number of hydrogen-bond donors (Lipinski definition) is 1. The number of nitrogens with one attached hydrogen (secondary N) is 1. The Morgan fingerprint density at radius 2 is 1.92 bits per heavy atom. The SMILES string of the molecule is CCCC(CCCN1CCN(S(=O)(=O)C(F)(F)F)CC1=O)(c1ccc[nH]1)C1CCc2ccc(OC)cc2C1. The number of methoxy groups -OCH3 is 1. The van der Waals surface area contributed by atoms with Gasteiger partial charge >= 0.3 is 15.5 Å². The van der Waals surface area contributed by atoms with Crippen LogP contribution in [0.5, 0.6) is 5.75 Å². The second kappa shape index (κ2) is 11.3. The molecule has 1 N–H and O–H groups in total. The van der Waals surface area contributed by atoms with Crippen LogP contribution in [0, 0.1) is 5.92 Å². The quantitative estimate of drug-likeness (QED) is 0.463. The number of rotatable bonds is 10. The van der Waals surface area contributed by atoms with Gasteiger partial charge in [-0.25, -0.2) is 8.42 Å². The first-order valence-corrected chi connectivity index (χ1v) is 14.6. The van der Waals surface area contributed by atoms with Crippen molar-refractivity contribution in [2.75, 3.05) is 33.3 Å². The minimum absolute atomic E-state index is 0.0476. The molecule has 1 saturated heterocycles. The minimum atomic E-state index is -5.51. The van der Waals surface area contributed by atoms with Crippen molar-refractivity contribution in [2.45, 2.75) is 62.8 Å². The summed E-state index contributed by atoms with van der Waals surface area (Å²) in [7, 11) is -3.84. The number of hydrogen-bond acceptors (Lipinski definition) is 4. The summed E-state index contributed by atoms with van der Waals surface area (Å²) < 4.78 is 68.0. The normalized spacial score (nSPS) is 20.7. The molecule has 1 fully saturated rings. The van der Waals surface area contributed by atoms with Gasteiger partial charge in [-0.3, -0.25) is 4.79 Å². The predicted octanol–water partition coefficient (Wildman–Crippen LogP) is 4.64. The van der Waals surface area contributed by atoms with Crippen LogP contribution in [0.4, 0.5) is 13.2 Å². The molecule has 2 heterocycles. The van der Waals surface area contributed by atoms with Crippen LogP contribution in [0.3, 0.4) is 0 Å². The van der Waals surface area contributed by atoms with E-state index < -0.39 is 28.0 Å². The number of nitrogens with zero attached hydrogens (tertiary/aromatic N) is 2. The van der Waals surface area contributed by atoms with Gasteiger partial charge in [-0.05, 0) is 79.8 Å². The van der Waals surface area contributed by atoms with Crippen molar-refractivity contribution in [3.63, 3.8) is 0 Å². The molecule has 2 aliphatic rings. The zero-order chi connectivity index (χ0) is 27.6. The summed E-state index contributed by atoms with van der Waals surface area (Å²) in [6.07, 6.45) is 8.27. The number of aryl methyl sites for hydroxylation is 1. The number of amides is 1. The molecule has 2 aromatic rings. The van der Waals surface area contributed by atoms with Crippen LogP contribution in [0.2, 0.25) is 0 Å². The molecule has 0 radical (unpaired) electrons. The first kappa shape index (κ1) is 28.5. The third-order valence-corrected chi connectivity index (χ3v) is 9.80. The van der Waals surface area contributed by atoms with Crippen molar-refractivity contribution in [2.24, 2.45) is 5.92 Å². The smallest absolute Gasteiger partial charge is 0.497 e. The average Bonchev–Trinajstić information content (AvgIpc) is 3.43. The van der Waals surface area contributed by atoms with Gasteiger partial charge in [0.05, 0.1) is 13.7 Å². The molecule has 11 heteroatoms. The third kappa shape index (κ3) is 5.59. The van der Waals surface area contributed by atoms with Crippen LogP contribution in [0.1, 0.15) is 55.8 Å². The largest absolute Gasteiger partial charge is 0.511 e. The first-order chi connectivity index (χ1) is 18.0. The van der Waals surface area contributed by atoms with Crippen molar-refractivity contribution < 1.29 is 31.1 Å². The zero-order valence-electron chi connectivity index (χ0n) is 21.9. The highest BCUT2D eigenvalue weighted by molar-refractivity contribution is 7.90. The van der Waals surface area contributed by atoms with E-state index in [0.717, 1.165) is 44.3 Å². The summed E-state index contributed by atoms with van der Waals surface area (Å²) in [5.74, 6) is 0.615. The Morgan fingerprint density at radius 3 is 2.55 bits per heavy atom. The first-order valence-electron chi connectivity index (χ1n) is 13.2. The topological polar surface area (TPSA) is 82.7 Å². The molecule has 38 heavy (non-hydrogen) atoms. The summed E-state index contributed by atoms with van der Waals surface area (Å²) in [5.41, 5.74) is -1.75. The highest BCUT2D eigenvalue weighted by Crippen LogP contribution is 2.46. The molecule has 1 aromatic heterocycles. The number of alkyl halides is 3. The Kier molecular flexibility index (Phi) is 8.46. The maximum atomic E-state index is 12.9. The van der Waals surface area contributed by atoms with Gasteiger partial charge in [0.2, 0.25) is 5.91 Å². The van der Waals surface area contributed by atoms with E-state index in [4.69, 9.17) is 4.74 Å². The molecule has 0 bridgehead atoms. The molecule has 0 saturated carbocycles. The van der Waals surface area contributed by atoms with Crippen molar-refractivity contribution in [1.82, 2.24) is 14.2 Å². The third-order valence-electron chi connectivity index (χ3n) is 8.22. The average molecular weight is 556 g/mol. The molecule has 1 aliphatic heterocycles. The van der Waals surface area contributed by atoms with E-state index in [9.17, 15) is 26.4 Å². The Labute approximate surface area is 222 Å². The Bertz CT molecular complexity index is 1220. The maximum Gasteiger partial charge on any atom is 0.511 e. The number of aromatic nitrogens is 1. The highest BCUT2D eigenvalue weighted by atomic mass is 32.2. The molecule has 7 nitrogen and oxygen atoms in total. The van der Waals surface area contributed by atoms with Crippen LogP contribution in [0.25, 0.3) is 0 Å². The molecule has 2 atom stereocenters. The summed E-state index contributed by atoms with van der Waals surface area (Å²) in [5, 5.41) is 0. The van der Waals surface area contributed by atoms with Gasteiger partial charge in [0.1, 0.15) is 5.75 Å². The molecular formula is C27H36F3N3O4S. The van der Waals surface area contributed by atoms with Crippen molar-refractivity contribution >= 4 is 15.9 Å². The lowest BCUT2D eigenvalue weighted by atomic mass is 9.61. The zero-order valence-corrected chi connectivity index (χ0v) is 22.7. The van der Waals surface area contributed by atoms with E-state index in [1.165, 1.54) is 21.7 Å². The number of aromatic amines is 1. The predicted molar refractivity (Wildman–Crippen MR) is 138 cm³/mol. The summed E-state index contributed by atoms with van der Waals surface area (Å²) >= 11 is 0. The second-order valence-corrected chi connectivity index (χ2v) is 12.3. The summed E-state index contributed by atoms with van der Waals surface area (Å²) in [4.78, 5) is 17.6. The fraction of sp³-hybridized carbons (Fsp3) is 0.593. The fourth-order valence-corrected chi connectivity index (χ4v) is 7.20. The molecule has 1 aromatic carbocycles. The lowest BCUT2D eigenvalue weighted by Crippen LogP contribution is -2.55. The van der Waals surface area contributed by atoms with E-state index in [0.29, 0.717) is 18.9 Å². The van der Waals surface area contributed by atoms with Gasteiger partial charge < -0.3 is 14.6 Å². The number of H-pyrrole nitrogens is 1. The fourth-order valence-electron chi connectivity index (χ4n) is 6.30. The molecule has 2 unspecified atom stereocenters. The van der Waals surface area contributed by atoms with Crippen LogP contribution in [-0.4, -0.2) is 67.3 Å². The lowest BCUT2D eigenvalue weighted by molar-refractivity contribution is -0.134. The van der Waals surface area contributed by atoms with Gasteiger partial charge in [0.15, 0.2) is 0 Å². The van der Waals surface area contributed by atoms with Crippen LogP contribution in [0.15, 0.2) is 36.5 Å². The van der Waals surface area contributed by atoms with Gasteiger partial charge in [-0.2, -0.15) is 17.5 Å². The number of benzene rings is 1. The van der Waals surface area contributed by atoms with Gasteiger partial charge in [-0.1, -0.05) is 19.4 Å². The molecular weight excluding hydrogens is 519 g/mol. The standard InChI is InChI=1S/C27H36F3N3O4S/c1-3-11-26(24-6-4-13-31-24,22-9-7-20-8-10-23(37-2)18-21(20)17-22)12-5-14-32-15-16-33(19-25(32)34)38(35,36)27(28,29)30/h4,6,8,10,13,18,22,31H,3,5,7,9,11-12,14-17,19H2,1-2H3. The monoisotopic (exact) mass is 555 g/mol. The molecule has 210 valence electrons. The van der Waals surface area contributed by atoms with Crippen molar-refractivity contribution in [3.05, 3.63) is 53.3 Å². The number of fused-ring (bicyclic) bond motifs is 1. The minimum Gasteiger partial charge on any atom is -0.497 e. The molecule has 0 spiro atoms. The van der Waals surface area contributed by atoms with Crippen LogP contribution in [-0.2, 0) is 33.1 Å². The second-order valence-electron chi connectivity index (χ2n) is 10.3. The van der Waals surface area contributed by atoms with Crippen LogP contribution >= 0.6 is 0 Å². The number of carbonyl (C=O) groups is 1. The van der Waals surface area contributed by atoms with E-state index in [1.807, 2.05) is 18.3 Å². The van der Waals surface area contributed by atoms with E-state index in [2.05, 4.69) is 30.1 Å². The Balaban J connectivity index is 1.49. The van der Waals surface area contributed by atoms with E-state index in [-0.39, 0.29) is 22.8 Å².